The van der Waals surface area contributed by atoms with E-state index < -0.39 is 11.4 Å². The first kappa shape index (κ1) is 22.7. The smallest absolute Gasteiger partial charge is 0.410 e. The van der Waals surface area contributed by atoms with Gasteiger partial charge in [0.1, 0.15) is 23.5 Å². The lowest BCUT2D eigenvalue weighted by atomic mass is 10.0. The van der Waals surface area contributed by atoms with Gasteiger partial charge in [-0.3, -0.25) is 0 Å². The van der Waals surface area contributed by atoms with Crippen LogP contribution in [0, 0.1) is 5.92 Å². The standard InChI is InChI=1S/C22H34N6O4/c1-7-8-27(20(29)32-21(2,3)4)10-13-9-14(17-16(13)30-22(5,6)31-17)28-12-26-15-18(23)24-11-25-19(15)28/h11-14,16-17H,7-10H2,1-6H3,(H2,23,24,25)/t13?,14-,16-,17+/m1/s1. The summed E-state index contributed by atoms with van der Waals surface area (Å²) < 4.78 is 20.3. The molecule has 0 aromatic carbocycles. The molecule has 2 fully saturated rings. The van der Waals surface area contributed by atoms with Gasteiger partial charge in [0.2, 0.25) is 0 Å². The van der Waals surface area contributed by atoms with Gasteiger partial charge in [-0.05, 0) is 47.5 Å². The predicted molar refractivity (Wildman–Crippen MR) is 119 cm³/mol. The van der Waals surface area contributed by atoms with Crippen LogP contribution >= 0.6 is 0 Å². The second-order valence-corrected chi connectivity index (χ2v) is 10.1. The number of ether oxygens (including phenoxy) is 3. The summed E-state index contributed by atoms with van der Waals surface area (Å²) in [5, 5.41) is 0. The molecule has 1 aliphatic heterocycles. The Kier molecular flexibility index (Phi) is 5.79. The van der Waals surface area contributed by atoms with Gasteiger partial charge in [-0.2, -0.15) is 0 Å². The zero-order valence-electron chi connectivity index (χ0n) is 19.7. The van der Waals surface area contributed by atoms with E-state index in [0.29, 0.717) is 30.1 Å². The van der Waals surface area contributed by atoms with Crippen molar-refractivity contribution in [3.63, 3.8) is 0 Å². The van der Waals surface area contributed by atoms with Crippen molar-refractivity contribution in [3.05, 3.63) is 12.7 Å². The molecule has 1 saturated heterocycles. The summed E-state index contributed by atoms with van der Waals surface area (Å²) in [5.74, 6) is -0.289. The Morgan fingerprint density at radius 1 is 1.28 bits per heavy atom. The monoisotopic (exact) mass is 446 g/mol. The molecule has 176 valence electrons. The fraction of sp³-hybridized carbons (Fsp3) is 0.727. The lowest BCUT2D eigenvalue weighted by Gasteiger charge is -2.31. The molecule has 4 rings (SSSR count). The number of carbonyl (C=O) groups is 1. The van der Waals surface area contributed by atoms with Crippen molar-refractivity contribution < 1.29 is 19.0 Å². The Morgan fingerprint density at radius 2 is 2.00 bits per heavy atom. The number of hydrogen-bond acceptors (Lipinski definition) is 8. The molecule has 2 aromatic heterocycles. The quantitative estimate of drug-likeness (QED) is 0.744. The molecule has 1 amide bonds. The first-order valence-corrected chi connectivity index (χ1v) is 11.3. The van der Waals surface area contributed by atoms with Crippen LogP contribution in [0.15, 0.2) is 12.7 Å². The van der Waals surface area contributed by atoms with Crippen LogP contribution in [-0.4, -0.2) is 67.2 Å². The number of rotatable bonds is 5. The van der Waals surface area contributed by atoms with Crippen molar-refractivity contribution in [3.8, 4) is 0 Å². The van der Waals surface area contributed by atoms with Crippen molar-refractivity contribution in [1.82, 2.24) is 24.4 Å². The number of imidazole rings is 1. The van der Waals surface area contributed by atoms with Gasteiger partial charge in [0.15, 0.2) is 17.3 Å². The molecular weight excluding hydrogens is 412 g/mol. The molecule has 10 nitrogen and oxygen atoms in total. The van der Waals surface area contributed by atoms with Gasteiger partial charge in [-0.25, -0.2) is 19.7 Å². The molecule has 2 aliphatic rings. The Morgan fingerprint density at radius 3 is 2.69 bits per heavy atom. The van der Waals surface area contributed by atoms with E-state index in [9.17, 15) is 4.79 Å². The number of nitrogens with two attached hydrogens (primary N) is 1. The summed E-state index contributed by atoms with van der Waals surface area (Å²) in [6.07, 6.45) is 4.14. The fourth-order valence-electron chi connectivity index (χ4n) is 4.76. The molecule has 2 N–H and O–H groups in total. The van der Waals surface area contributed by atoms with E-state index in [2.05, 4.69) is 21.9 Å². The second kappa shape index (κ2) is 8.15. The van der Waals surface area contributed by atoms with E-state index in [0.717, 1.165) is 12.8 Å². The number of nitrogen functional groups attached to an aromatic ring is 1. The maximum atomic E-state index is 12.9. The van der Waals surface area contributed by atoms with E-state index in [1.54, 1.807) is 11.2 Å². The normalized spacial score (nSPS) is 26.9. The Balaban J connectivity index is 1.62. The van der Waals surface area contributed by atoms with Crippen molar-refractivity contribution >= 4 is 23.1 Å². The number of amides is 1. The molecule has 1 aliphatic carbocycles. The van der Waals surface area contributed by atoms with Gasteiger partial charge in [-0.1, -0.05) is 6.92 Å². The van der Waals surface area contributed by atoms with Gasteiger partial charge in [0.05, 0.1) is 18.5 Å². The largest absolute Gasteiger partial charge is 0.444 e. The molecule has 32 heavy (non-hydrogen) atoms. The van der Waals surface area contributed by atoms with Crippen LogP contribution in [0.4, 0.5) is 10.6 Å². The van der Waals surface area contributed by atoms with Gasteiger partial charge >= 0.3 is 6.09 Å². The average Bonchev–Trinajstić information content (AvgIpc) is 3.32. The van der Waals surface area contributed by atoms with Crippen molar-refractivity contribution in [2.75, 3.05) is 18.8 Å². The first-order chi connectivity index (χ1) is 15.0. The second-order valence-electron chi connectivity index (χ2n) is 10.1. The van der Waals surface area contributed by atoms with E-state index >= 15 is 0 Å². The summed E-state index contributed by atoms with van der Waals surface area (Å²) in [7, 11) is 0. The average molecular weight is 447 g/mol. The minimum absolute atomic E-state index is 0.0480. The lowest BCUT2D eigenvalue weighted by Crippen LogP contribution is -2.42. The molecule has 0 radical (unpaired) electrons. The van der Waals surface area contributed by atoms with Crippen LogP contribution in [0.1, 0.15) is 60.4 Å². The number of fused-ring (bicyclic) bond motifs is 2. The Bertz CT molecular complexity index is 984. The molecular formula is C22H34N6O4. The number of carbonyl (C=O) groups excluding carboxylic acids is 1. The Labute approximate surface area is 188 Å². The van der Waals surface area contributed by atoms with Crippen LogP contribution in [0.5, 0.6) is 0 Å². The SMILES string of the molecule is CCCN(CC1C[C@@H](n2cnc3c(N)ncnc32)[C@@H]2OC(C)(C)O[C@H]12)C(=O)OC(C)(C)C. The zero-order chi connectivity index (χ0) is 23.3. The molecule has 1 saturated carbocycles. The number of nitrogens with zero attached hydrogens (tertiary/aromatic N) is 5. The Hall–Kier alpha value is -2.46. The van der Waals surface area contributed by atoms with E-state index in [4.69, 9.17) is 19.9 Å². The third-order valence-electron chi connectivity index (χ3n) is 5.90. The number of anilines is 1. The van der Waals surface area contributed by atoms with Gasteiger partial charge in [-0.15, -0.1) is 0 Å². The lowest BCUT2D eigenvalue weighted by molar-refractivity contribution is -0.160. The van der Waals surface area contributed by atoms with Gasteiger partial charge in [0, 0.05) is 19.0 Å². The highest BCUT2D eigenvalue weighted by Crippen LogP contribution is 2.47. The number of aromatic nitrogens is 4. The van der Waals surface area contributed by atoms with Crippen LogP contribution in [0.2, 0.25) is 0 Å². The maximum absolute atomic E-state index is 12.9. The zero-order valence-corrected chi connectivity index (χ0v) is 19.7. The third-order valence-corrected chi connectivity index (χ3v) is 5.90. The molecule has 2 aromatic rings. The molecule has 10 heteroatoms. The van der Waals surface area contributed by atoms with Crippen molar-refractivity contribution in [1.29, 1.82) is 0 Å². The maximum Gasteiger partial charge on any atom is 0.410 e. The van der Waals surface area contributed by atoms with Crippen molar-refractivity contribution in [2.24, 2.45) is 5.92 Å². The van der Waals surface area contributed by atoms with E-state index in [1.807, 2.05) is 39.2 Å². The summed E-state index contributed by atoms with van der Waals surface area (Å²) in [6.45, 7) is 12.7. The van der Waals surface area contributed by atoms with Crippen LogP contribution in [0.3, 0.4) is 0 Å². The summed E-state index contributed by atoms with van der Waals surface area (Å²) >= 11 is 0. The minimum atomic E-state index is -0.710. The van der Waals surface area contributed by atoms with Crippen LogP contribution in [0.25, 0.3) is 11.2 Å². The highest BCUT2D eigenvalue weighted by Gasteiger charge is 2.55. The molecule has 1 unspecified atom stereocenters. The van der Waals surface area contributed by atoms with Crippen LogP contribution in [-0.2, 0) is 14.2 Å². The fourth-order valence-corrected chi connectivity index (χ4v) is 4.76. The van der Waals surface area contributed by atoms with Crippen molar-refractivity contribution in [2.45, 2.75) is 84.0 Å². The van der Waals surface area contributed by atoms with E-state index in [-0.39, 0.29) is 30.3 Å². The molecule has 4 atom stereocenters. The van der Waals surface area contributed by atoms with Crippen LogP contribution < -0.4 is 5.73 Å². The highest BCUT2D eigenvalue weighted by molar-refractivity contribution is 5.81. The number of hydrogen-bond donors (Lipinski definition) is 1. The summed E-state index contributed by atoms with van der Waals surface area (Å²) in [4.78, 5) is 27.5. The molecule has 3 heterocycles. The summed E-state index contributed by atoms with van der Waals surface area (Å²) in [5.41, 5.74) is 6.69. The molecule has 0 spiro atoms. The predicted octanol–water partition coefficient (Wildman–Crippen LogP) is 3.14. The van der Waals surface area contributed by atoms with Gasteiger partial charge < -0.3 is 29.4 Å². The van der Waals surface area contributed by atoms with E-state index in [1.165, 1.54) is 6.33 Å². The topological polar surface area (TPSA) is 118 Å². The third kappa shape index (κ3) is 4.38. The highest BCUT2D eigenvalue weighted by atomic mass is 16.8. The molecule has 0 bridgehead atoms. The summed E-state index contributed by atoms with van der Waals surface area (Å²) in [6, 6.07) is -0.0480. The minimum Gasteiger partial charge on any atom is -0.444 e. The van der Waals surface area contributed by atoms with Gasteiger partial charge in [0.25, 0.3) is 0 Å². The first-order valence-electron chi connectivity index (χ1n) is 11.3.